The van der Waals surface area contributed by atoms with Gasteiger partial charge in [0.1, 0.15) is 0 Å². The van der Waals surface area contributed by atoms with Crippen molar-refractivity contribution >= 4 is 5.91 Å². The van der Waals surface area contributed by atoms with E-state index in [9.17, 15) is 4.79 Å². The Labute approximate surface area is 80.3 Å². The van der Waals surface area contributed by atoms with Crippen molar-refractivity contribution in [2.45, 2.75) is 32.7 Å². The molecule has 4 nitrogen and oxygen atoms in total. The van der Waals surface area contributed by atoms with E-state index >= 15 is 0 Å². The molecule has 78 valence electrons. The minimum atomic E-state index is -0.296. The quantitative estimate of drug-likeness (QED) is 0.611. The molecule has 4 N–H and O–H groups in total. The van der Waals surface area contributed by atoms with Gasteiger partial charge in [-0.2, -0.15) is 0 Å². The van der Waals surface area contributed by atoms with E-state index in [0.717, 1.165) is 13.0 Å². The summed E-state index contributed by atoms with van der Waals surface area (Å²) in [6.07, 6.45) is 0.997. The van der Waals surface area contributed by atoms with Gasteiger partial charge in [0.05, 0.1) is 6.54 Å². The second-order valence-corrected chi connectivity index (χ2v) is 3.90. The van der Waals surface area contributed by atoms with E-state index in [2.05, 4.69) is 6.92 Å². The summed E-state index contributed by atoms with van der Waals surface area (Å²) in [7, 11) is 0. The summed E-state index contributed by atoms with van der Waals surface area (Å²) < 4.78 is 0. The fraction of sp³-hybridized carbons (Fsp3) is 0.889. The van der Waals surface area contributed by atoms with Crippen LogP contribution in [0.4, 0.5) is 0 Å². The van der Waals surface area contributed by atoms with Gasteiger partial charge in [0, 0.05) is 12.1 Å². The van der Waals surface area contributed by atoms with Gasteiger partial charge in [0.15, 0.2) is 0 Å². The minimum absolute atomic E-state index is 0.148. The fourth-order valence-electron chi connectivity index (χ4n) is 1.18. The molecule has 0 fully saturated rings. The second-order valence-electron chi connectivity index (χ2n) is 3.90. The Bertz CT molecular complexity index is 168. The topological polar surface area (TPSA) is 72.3 Å². The molecule has 0 spiro atoms. The maximum absolute atomic E-state index is 10.8. The van der Waals surface area contributed by atoms with Crippen molar-refractivity contribution in [2.24, 2.45) is 11.5 Å². The highest BCUT2D eigenvalue weighted by atomic mass is 16.1. The largest absolute Gasteiger partial charge is 0.369 e. The molecule has 0 aliphatic carbocycles. The van der Waals surface area contributed by atoms with Crippen LogP contribution >= 0.6 is 0 Å². The molecule has 0 bridgehead atoms. The number of amides is 1. The van der Waals surface area contributed by atoms with Crippen LogP contribution in [-0.2, 0) is 4.79 Å². The standard InChI is InChI=1S/C9H21N3O/c1-4-5-12(6-8(11)13)9(2,3)7-10/h4-7,10H2,1-3H3,(H2,11,13). The van der Waals surface area contributed by atoms with E-state index in [1.54, 1.807) is 0 Å². The van der Waals surface area contributed by atoms with Gasteiger partial charge in [-0.15, -0.1) is 0 Å². The maximum atomic E-state index is 10.8. The van der Waals surface area contributed by atoms with Crippen molar-refractivity contribution in [1.82, 2.24) is 4.90 Å². The monoisotopic (exact) mass is 187 g/mol. The smallest absolute Gasteiger partial charge is 0.231 e. The van der Waals surface area contributed by atoms with Crippen molar-refractivity contribution in [3.63, 3.8) is 0 Å². The molecule has 0 heterocycles. The van der Waals surface area contributed by atoms with E-state index < -0.39 is 0 Å². The third-order valence-electron chi connectivity index (χ3n) is 2.20. The number of carbonyl (C=O) groups excluding carboxylic acids is 1. The number of primary amides is 1. The van der Waals surface area contributed by atoms with Gasteiger partial charge in [-0.25, -0.2) is 0 Å². The van der Waals surface area contributed by atoms with Gasteiger partial charge in [-0.3, -0.25) is 9.69 Å². The van der Waals surface area contributed by atoms with Crippen LogP contribution in [0, 0.1) is 0 Å². The molecule has 0 saturated heterocycles. The molecule has 0 radical (unpaired) electrons. The molecule has 13 heavy (non-hydrogen) atoms. The van der Waals surface area contributed by atoms with Crippen LogP contribution in [0.25, 0.3) is 0 Å². The SMILES string of the molecule is CCCN(CC(N)=O)C(C)(C)CN. The Morgan fingerprint density at radius 2 is 2.00 bits per heavy atom. The summed E-state index contributed by atoms with van der Waals surface area (Å²) in [4.78, 5) is 12.8. The van der Waals surface area contributed by atoms with E-state index in [1.165, 1.54) is 0 Å². The Morgan fingerprint density at radius 3 is 2.31 bits per heavy atom. The highest BCUT2D eigenvalue weighted by molar-refractivity contribution is 5.76. The normalized spacial score (nSPS) is 12.1. The lowest BCUT2D eigenvalue weighted by Crippen LogP contribution is -2.52. The highest BCUT2D eigenvalue weighted by Crippen LogP contribution is 2.12. The molecule has 0 rings (SSSR count). The Balaban J connectivity index is 4.30. The highest BCUT2D eigenvalue weighted by Gasteiger charge is 2.25. The van der Waals surface area contributed by atoms with Crippen LogP contribution in [0.1, 0.15) is 27.2 Å². The molecule has 1 amide bonds. The van der Waals surface area contributed by atoms with Gasteiger partial charge in [0.2, 0.25) is 5.91 Å². The summed E-state index contributed by atoms with van der Waals surface area (Å²) in [5.74, 6) is -0.296. The molecule has 0 aliphatic rings. The average Bonchev–Trinajstić information content (AvgIpc) is 2.03. The van der Waals surface area contributed by atoms with Crippen molar-refractivity contribution in [2.75, 3.05) is 19.6 Å². The molecule has 0 aromatic carbocycles. The molecule has 0 saturated carbocycles. The lowest BCUT2D eigenvalue weighted by atomic mass is 10.0. The van der Waals surface area contributed by atoms with Crippen molar-refractivity contribution in [3.05, 3.63) is 0 Å². The van der Waals surface area contributed by atoms with E-state index in [4.69, 9.17) is 11.5 Å². The second kappa shape index (κ2) is 5.19. The van der Waals surface area contributed by atoms with Gasteiger partial charge >= 0.3 is 0 Å². The summed E-state index contributed by atoms with van der Waals surface area (Å²) >= 11 is 0. The van der Waals surface area contributed by atoms with Gasteiger partial charge in [-0.1, -0.05) is 6.92 Å². The number of nitrogens with zero attached hydrogens (tertiary/aromatic N) is 1. The lowest BCUT2D eigenvalue weighted by molar-refractivity contribution is -0.120. The Morgan fingerprint density at radius 1 is 1.46 bits per heavy atom. The molecule has 0 unspecified atom stereocenters. The summed E-state index contributed by atoms with van der Waals surface area (Å²) in [5.41, 5.74) is 10.6. The van der Waals surface area contributed by atoms with Crippen molar-refractivity contribution in [1.29, 1.82) is 0 Å². The number of hydrogen-bond acceptors (Lipinski definition) is 3. The molecule has 4 heteroatoms. The zero-order valence-electron chi connectivity index (χ0n) is 8.84. The summed E-state index contributed by atoms with van der Waals surface area (Å²) in [6.45, 7) is 7.78. The molecule has 0 aromatic rings. The Kier molecular flexibility index (Phi) is 4.95. The van der Waals surface area contributed by atoms with Gasteiger partial charge in [0.25, 0.3) is 0 Å². The number of nitrogens with two attached hydrogens (primary N) is 2. The van der Waals surface area contributed by atoms with Crippen LogP contribution in [0.5, 0.6) is 0 Å². The first-order chi connectivity index (χ1) is 5.94. The number of rotatable bonds is 6. The van der Waals surface area contributed by atoms with Crippen molar-refractivity contribution < 1.29 is 4.79 Å². The van der Waals surface area contributed by atoms with Crippen LogP contribution in [0.3, 0.4) is 0 Å². The van der Waals surface area contributed by atoms with E-state index in [-0.39, 0.29) is 18.0 Å². The fourth-order valence-corrected chi connectivity index (χ4v) is 1.18. The summed E-state index contributed by atoms with van der Waals surface area (Å²) in [6, 6.07) is 0. The predicted octanol–water partition coefficient (Wildman–Crippen LogP) is -0.0790. The zero-order valence-corrected chi connectivity index (χ0v) is 8.84. The predicted molar refractivity (Wildman–Crippen MR) is 54.2 cm³/mol. The van der Waals surface area contributed by atoms with E-state index in [0.29, 0.717) is 6.54 Å². The van der Waals surface area contributed by atoms with Crippen LogP contribution in [-0.4, -0.2) is 36.0 Å². The van der Waals surface area contributed by atoms with Crippen LogP contribution in [0.2, 0.25) is 0 Å². The van der Waals surface area contributed by atoms with Crippen LogP contribution in [0.15, 0.2) is 0 Å². The van der Waals surface area contributed by atoms with Crippen LogP contribution < -0.4 is 11.5 Å². The molecular weight excluding hydrogens is 166 g/mol. The first-order valence-corrected chi connectivity index (χ1v) is 4.67. The molecule has 0 aliphatic heterocycles. The summed E-state index contributed by atoms with van der Waals surface area (Å²) in [5, 5.41) is 0. The molecule has 0 aromatic heterocycles. The first kappa shape index (κ1) is 12.4. The molecular formula is C9H21N3O. The molecule has 0 atom stereocenters. The average molecular weight is 187 g/mol. The minimum Gasteiger partial charge on any atom is -0.369 e. The van der Waals surface area contributed by atoms with E-state index in [1.807, 2.05) is 18.7 Å². The lowest BCUT2D eigenvalue weighted by Gasteiger charge is -2.36. The zero-order chi connectivity index (χ0) is 10.5. The van der Waals surface area contributed by atoms with Gasteiger partial charge < -0.3 is 11.5 Å². The van der Waals surface area contributed by atoms with Gasteiger partial charge in [-0.05, 0) is 26.8 Å². The Hall–Kier alpha value is -0.610. The van der Waals surface area contributed by atoms with Crippen molar-refractivity contribution in [3.8, 4) is 0 Å². The number of carbonyl (C=O) groups is 1. The maximum Gasteiger partial charge on any atom is 0.231 e. The number of hydrogen-bond donors (Lipinski definition) is 2. The third-order valence-corrected chi connectivity index (χ3v) is 2.20. The third kappa shape index (κ3) is 4.24. The first-order valence-electron chi connectivity index (χ1n) is 4.67.